The molecule has 0 amide bonds. The second-order valence-electron chi connectivity index (χ2n) is 5.23. The lowest BCUT2D eigenvalue weighted by Gasteiger charge is -2.20. The highest BCUT2D eigenvalue weighted by Gasteiger charge is 2.18. The summed E-state index contributed by atoms with van der Waals surface area (Å²) >= 11 is 0. The highest BCUT2D eigenvalue weighted by atomic mass is 16.3. The van der Waals surface area contributed by atoms with Crippen molar-refractivity contribution in [2.24, 2.45) is 5.73 Å². The summed E-state index contributed by atoms with van der Waals surface area (Å²) in [5.74, 6) is 0. The Morgan fingerprint density at radius 2 is 1.55 bits per heavy atom. The summed E-state index contributed by atoms with van der Waals surface area (Å²) in [5.41, 5.74) is 7.28. The molecule has 20 heavy (non-hydrogen) atoms. The van der Waals surface area contributed by atoms with Crippen molar-refractivity contribution in [1.29, 1.82) is 0 Å². The monoisotopic (exact) mass is 265 g/mol. The van der Waals surface area contributed by atoms with E-state index >= 15 is 0 Å². The Bertz CT molecular complexity index is 751. The largest absolute Gasteiger partial charge is 0.391 e. The molecule has 0 bridgehead atoms. The van der Waals surface area contributed by atoms with Gasteiger partial charge in [0.2, 0.25) is 0 Å². The van der Waals surface area contributed by atoms with Gasteiger partial charge in [-0.25, -0.2) is 0 Å². The van der Waals surface area contributed by atoms with Gasteiger partial charge >= 0.3 is 0 Å². The summed E-state index contributed by atoms with van der Waals surface area (Å²) in [4.78, 5) is 0. The van der Waals surface area contributed by atoms with E-state index in [4.69, 9.17) is 5.73 Å². The number of rotatable bonds is 3. The number of aliphatic hydroxyl groups is 1. The zero-order valence-electron chi connectivity index (χ0n) is 11.6. The molecule has 0 aliphatic rings. The fourth-order valence-corrected chi connectivity index (χ4v) is 2.82. The van der Waals surface area contributed by atoms with E-state index in [1.165, 1.54) is 16.2 Å². The molecule has 0 aliphatic carbocycles. The van der Waals surface area contributed by atoms with Crippen molar-refractivity contribution >= 4 is 21.5 Å². The second-order valence-corrected chi connectivity index (χ2v) is 5.23. The van der Waals surface area contributed by atoms with Gasteiger partial charge in [-0.1, -0.05) is 55.5 Å². The molecule has 2 nitrogen and oxygen atoms in total. The summed E-state index contributed by atoms with van der Waals surface area (Å²) < 4.78 is 0. The highest BCUT2D eigenvalue weighted by molar-refractivity contribution is 6.09. The maximum absolute atomic E-state index is 10.1. The van der Waals surface area contributed by atoms with Gasteiger partial charge in [0.25, 0.3) is 0 Å². The van der Waals surface area contributed by atoms with Gasteiger partial charge in [0.05, 0.1) is 12.1 Å². The van der Waals surface area contributed by atoms with Crippen LogP contribution in [-0.2, 0) is 0 Å². The topological polar surface area (TPSA) is 46.2 Å². The van der Waals surface area contributed by atoms with Crippen LogP contribution in [0.15, 0.2) is 54.6 Å². The van der Waals surface area contributed by atoms with E-state index in [1.54, 1.807) is 0 Å². The van der Waals surface area contributed by atoms with E-state index in [9.17, 15) is 5.11 Å². The summed E-state index contributed by atoms with van der Waals surface area (Å²) in [7, 11) is 0. The molecule has 0 fully saturated rings. The third-order valence-corrected chi connectivity index (χ3v) is 3.99. The van der Waals surface area contributed by atoms with Gasteiger partial charge in [-0.3, -0.25) is 0 Å². The molecule has 0 spiro atoms. The van der Waals surface area contributed by atoms with E-state index in [0.29, 0.717) is 6.42 Å². The Morgan fingerprint density at radius 1 is 0.950 bits per heavy atom. The van der Waals surface area contributed by atoms with Crippen LogP contribution in [0.5, 0.6) is 0 Å². The number of nitrogens with two attached hydrogens (primary N) is 1. The molecule has 0 heterocycles. The molecule has 0 aromatic heterocycles. The van der Waals surface area contributed by atoms with E-state index < -0.39 is 6.10 Å². The van der Waals surface area contributed by atoms with Gasteiger partial charge in [-0.05, 0) is 39.6 Å². The van der Waals surface area contributed by atoms with E-state index in [1.807, 2.05) is 25.1 Å². The Labute approximate surface area is 118 Å². The fraction of sp³-hybridized carbons (Fsp3) is 0.222. The minimum absolute atomic E-state index is 0.352. The van der Waals surface area contributed by atoms with Crippen LogP contribution in [0, 0.1) is 0 Å². The average Bonchev–Trinajstić information content (AvgIpc) is 2.52. The minimum Gasteiger partial charge on any atom is -0.391 e. The lowest BCUT2D eigenvalue weighted by molar-refractivity contribution is 0.141. The van der Waals surface area contributed by atoms with Crippen molar-refractivity contribution in [2.75, 3.05) is 0 Å². The molecule has 2 atom stereocenters. The van der Waals surface area contributed by atoms with Crippen LogP contribution >= 0.6 is 0 Å². The van der Waals surface area contributed by atoms with Crippen molar-refractivity contribution in [2.45, 2.75) is 25.5 Å². The molecule has 3 aromatic rings. The number of hydrogen-bond acceptors (Lipinski definition) is 2. The zero-order valence-corrected chi connectivity index (χ0v) is 11.6. The van der Waals surface area contributed by atoms with Crippen LogP contribution in [0.25, 0.3) is 21.5 Å². The molecule has 0 saturated carbocycles. The lowest BCUT2D eigenvalue weighted by Crippen LogP contribution is -2.25. The number of aliphatic hydroxyl groups excluding tert-OH is 1. The van der Waals surface area contributed by atoms with Gasteiger partial charge in [-0.15, -0.1) is 0 Å². The van der Waals surface area contributed by atoms with Crippen molar-refractivity contribution < 1.29 is 5.11 Å². The van der Waals surface area contributed by atoms with Gasteiger partial charge in [0.1, 0.15) is 0 Å². The summed E-state index contributed by atoms with van der Waals surface area (Å²) in [6.45, 7) is 1.95. The van der Waals surface area contributed by atoms with Crippen LogP contribution in [0.4, 0.5) is 0 Å². The maximum Gasteiger partial charge on any atom is 0.0730 e. The van der Waals surface area contributed by atoms with E-state index in [2.05, 4.69) is 36.4 Å². The van der Waals surface area contributed by atoms with Crippen molar-refractivity contribution in [3.63, 3.8) is 0 Å². The van der Waals surface area contributed by atoms with Crippen molar-refractivity contribution in [3.8, 4) is 0 Å². The van der Waals surface area contributed by atoms with Crippen LogP contribution in [0.1, 0.15) is 24.9 Å². The first kappa shape index (κ1) is 13.1. The molecule has 0 aliphatic heterocycles. The minimum atomic E-state index is -0.514. The first-order valence-electron chi connectivity index (χ1n) is 7.06. The number of fused-ring (bicyclic) bond motifs is 3. The predicted octanol–water partition coefficient (Wildman–Crippen LogP) is 3.76. The molecule has 0 saturated heterocycles. The molecule has 3 aromatic carbocycles. The number of benzene rings is 3. The zero-order chi connectivity index (χ0) is 14.1. The van der Waals surface area contributed by atoms with E-state index in [0.717, 1.165) is 10.9 Å². The molecule has 0 radical (unpaired) electrons. The summed E-state index contributed by atoms with van der Waals surface area (Å²) in [6.07, 6.45) is 0.141. The molecular formula is C18H19NO. The molecule has 3 N–H and O–H groups in total. The smallest absolute Gasteiger partial charge is 0.0730 e. The first-order chi connectivity index (χ1) is 9.72. The van der Waals surface area contributed by atoms with Gasteiger partial charge in [0.15, 0.2) is 0 Å². The predicted molar refractivity (Wildman–Crippen MR) is 84.7 cm³/mol. The van der Waals surface area contributed by atoms with Gasteiger partial charge < -0.3 is 10.8 Å². The van der Waals surface area contributed by atoms with Crippen LogP contribution < -0.4 is 5.73 Å². The average molecular weight is 265 g/mol. The highest BCUT2D eigenvalue weighted by Crippen LogP contribution is 2.32. The Kier molecular flexibility index (Phi) is 3.43. The first-order valence-corrected chi connectivity index (χ1v) is 7.06. The van der Waals surface area contributed by atoms with Crippen LogP contribution in [0.2, 0.25) is 0 Å². The molecule has 2 heteroatoms. The second kappa shape index (κ2) is 5.23. The van der Waals surface area contributed by atoms with Crippen LogP contribution in [-0.4, -0.2) is 11.2 Å². The fourth-order valence-electron chi connectivity index (χ4n) is 2.82. The van der Waals surface area contributed by atoms with Crippen LogP contribution in [0.3, 0.4) is 0 Å². The molecule has 3 rings (SSSR count). The Hall–Kier alpha value is -1.90. The van der Waals surface area contributed by atoms with Crippen molar-refractivity contribution in [3.05, 3.63) is 60.2 Å². The normalized spacial score (nSPS) is 14.6. The Balaban J connectivity index is 2.34. The molecular weight excluding hydrogens is 246 g/mol. The summed E-state index contributed by atoms with van der Waals surface area (Å²) in [5, 5.41) is 14.8. The maximum atomic E-state index is 10.1. The van der Waals surface area contributed by atoms with E-state index in [-0.39, 0.29) is 6.04 Å². The Morgan fingerprint density at radius 3 is 2.25 bits per heavy atom. The summed E-state index contributed by atoms with van der Waals surface area (Å²) in [6, 6.07) is 18.3. The third-order valence-electron chi connectivity index (χ3n) is 3.99. The van der Waals surface area contributed by atoms with Gasteiger partial charge in [-0.2, -0.15) is 0 Å². The molecule has 0 unspecified atom stereocenters. The van der Waals surface area contributed by atoms with Crippen molar-refractivity contribution in [1.82, 2.24) is 0 Å². The number of hydrogen-bond donors (Lipinski definition) is 2. The lowest BCUT2D eigenvalue weighted by atomic mass is 9.91. The van der Waals surface area contributed by atoms with Gasteiger partial charge in [0, 0.05) is 0 Å². The third kappa shape index (κ3) is 2.07. The quantitative estimate of drug-likeness (QED) is 0.708. The standard InChI is InChI=1S/C18H19NO/c1-2-17(20)18(19)16-11-12-7-3-4-8-13(12)14-9-5-6-10-15(14)16/h3-11,17-18,20H,2,19H2,1H3/t17-,18+/m1/s1. The SMILES string of the molecule is CC[C@@H](O)[C@@H](N)c1cc2ccccc2c2ccccc12. The molecule has 102 valence electrons.